The summed E-state index contributed by atoms with van der Waals surface area (Å²) in [4.78, 5) is 11.3. The largest absolute Gasteiger partial charge is 0.325 e. The van der Waals surface area contributed by atoms with E-state index >= 15 is 0 Å². The lowest BCUT2D eigenvalue weighted by Gasteiger charge is -2.05. The molecule has 0 spiro atoms. The van der Waals surface area contributed by atoms with Crippen LogP contribution in [0, 0.1) is 15.9 Å². The molecule has 0 saturated heterocycles. The van der Waals surface area contributed by atoms with Gasteiger partial charge < -0.3 is 5.32 Å². The smallest absolute Gasteiger partial charge is 0.225 e. The Morgan fingerprint density at radius 1 is 1.50 bits per heavy atom. The number of hydrogen-bond acceptors (Lipinski definition) is 1. The Bertz CT molecular complexity index is 368. The van der Waals surface area contributed by atoms with Gasteiger partial charge >= 0.3 is 0 Å². The van der Waals surface area contributed by atoms with Crippen molar-refractivity contribution in [2.45, 2.75) is 12.8 Å². The molecule has 0 atom stereocenters. The Morgan fingerprint density at radius 3 is 2.86 bits per heavy atom. The molecule has 2 nitrogen and oxygen atoms in total. The van der Waals surface area contributed by atoms with Crippen LogP contribution >= 0.6 is 22.6 Å². The summed E-state index contributed by atoms with van der Waals surface area (Å²) in [6.07, 6.45) is 5.93. The van der Waals surface area contributed by atoms with Gasteiger partial charge in [-0.3, -0.25) is 4.79 Å². The van der Waals surface area contributed by atoms with Crippen LogP contribution in [0.1, 0.15) is 12.8 Å². The first-order valence-corrected chi connectivity index (χ1v) is 5.29. The second-order valence-electron chi connectivity index (χ2n) is 2.73. The van der Waals surface area contributed by atoms with Gasteiger partial charge in [0.15, 0.2) is 0 Å². The van der Waals surface area contributed by atoms with Gasteiger partial charge in [-0.15, -0.1) is 12.3 Å². The molecule has 1 amide bonds. The van der Waals surface area contributed by atoms with Crippen molar-refractivity contribution in [3.05, 3.63) is 27.8 Å². The third-order valence-corrected chi connectivity index (χ3v) is 2.59. The maximum Gasteiger partial charge on any atom is 0.225 e. The van der Waals surface area contributed by atoms with Gasteiger partial charge in [0, 0.05) is 16.4 Å². The van der Waals surface area contributed by atoms with Crippen molar-refractivity contribution < 1.29 is 4.79 Å². The minimum absolute atomic E-state index is 0.0351. The van der Waals surface area contributed by atoms with E-state index in [1.165, 1.54) is 0 Å². The number of halogens is 1. The van der Waals surface area contributed by atoms with E-state index in [0.29, 0.717) is 12.8 Å². The summed E-state index contributed by atoms with van der Waals surface area (Å²) in [5.41, 5.74) is 0.843. The van der Waals surface area contributed by atoms with Crippen molar-refractivity contribution >= 4 is 34.2 Å². The van der Waals surface area contributed by atoms with Gasteiger partial charge in [-0.2, -0.15) is 0 Å². The Balaban J connectivity index is 2.57. The molecule has 0 saturated carbocycles. The van der Waals surface area contributed by atoms with E-state index < -0.39 is 0 Å². The summed E-state index contributed by atoms with van der Waals surface area (Å²) in [7, 11) is 0. The molecule has 72 valence electrons. The lowest BCUT2D eigenvalue weighted by molar-refractivity contribution is -0.116. The van der Waals surface area contributed by atoms with Gasteiger partial charge in [-0.25, -0.2) is 0 Å². The number of rotatable bonds is 3. The summed E-state index contributed by atoms with van der Waals surface area (Å²) in [5.74, 6) is 2.40. The average molecular weight is 299 g/mol. The molecule has 0 heterocycles. The third-order valence-electron chi connectivity index (χ3n) is 1.64. The predicted molar refractivity (Wildman–Crippen MR) is 65.9 cm³/mol. The van der Waals surface area contributed by atoms with Crippen LogP contribution in [0.2, 0.25) is 0 Å². The maximum atomic E-state index is 11.3. The topological polar surface area (TPSA) is 29.1 Å². The van der Waals surface area contributed by atoms with Crippen LogP contribution in [0.3, 0.4) is 0 Å². The molecule has 0 aliphatic heterocycles. The zero-order valence-corrected chi connectivity index (χ0v) is 9.74. The van der Waals surface area contributed by atoms with E-state index in [2.05, 4.69) is 33.8 Å². The highest BCUT2D eigenvalue weighted by atomic mass is 127. The van der Waals surface area contributed by atoms with Crippen LogP contribution in [0.5, 0.6) is 0 Å². The molecule has 1 rings (SSSR count). The van der Waals surface area contributed by atoms with Crippen molar-refractivity contribution in [3.63, 3.8) is 0 Å². The van der Waals surface area contributed by atoms with E-state index in [4.69, 9.17) is 6.42 Å². The lowest BCUT2D eigenvalue weighted by Crippen LogP contribution is -2.11. The highest BCUT2D eigenvalue weighted by Gasteiger charge is 2.03. The number of amides is 1. The number of carbonyl (C=O) groups excluding carboxylic acids is 1. The zero-order valence-electron chi connectivity index (χ0n) is 7.59. The first-order valence-electron chi connectivity index (χ1n) is 4.22. The fourth-order valence-corrected chi connectivity index (χ4v) is 1.48. The molecular weight excluding hydrogens is 289 g/mol. The number of benzene rings is 1. The Hall–Kier alpha value is -1.02. The maximum absolute atomic E-state index is 11.3. The van der Waals surface area contributed by atoms with Crippen LogP contribution in [0.25, 0.3) is 0 Å². The normalized spacial score (nSPS) is 9.14. The Morgan fingerprint density at radius 2 is 2.21 bits per heavy atom. The number of hydrogen-bond donors (Lipinski definition) is 1. The minimum Gasteiger partial charge on any atom is -0.325 e. The molecule has 0 radical (unpaired) electrons. The Labute approximate surface area is 97.2 Å². The molecule has 0 bridgehead atoms. The molecule has 0 aliphatic rings. The highest BCUT2D eigenvalue weighted by Crippen LogP contribution is 2.16. The van der Waals surface area contributed by atoms with Crippen LogP contribution in [-0.2, 0) is 4.79 Å². The standard InChI is InChI=1S/C11H10INO/c1-2-3-8-11(14)13-10-7-5-4-6-9(10)12/h1,4-7H,3,8H2,(H,13,14). The van der Waals surface area contributed by atoms with Gasteiger partial charge in [-0.1, -0.05) is 12.1 Å². The van der Waals surface area contributed by atoms with Crippen molar-refractivity contribution in [3.8, 4) is 12.3 Å². The summed E-state index contributed by atoms with van der Waals surface area (Å²) in [5, 5.41) is 2.80. The summed E-state index contributed by atoms with van der Waals surface area (Å²) >= 11 is 2.18. The van der Waals surface area contributed by atoms with E-state index in [0.717, 1.165) is 9.26 Å². The van der Waals surface area contributed by atoms with Gasteiger partial charge in [-0.05, 0) is 34.7 Å². The molecule has 3 heteroatoms. The predicted octanol–water partition coefficient (Wildman–Crippen LogP) is 2.64. The fourth-order valence-electron chi connectivity index (χ4n) is 0.961. The minimum atomic E-state index is -0.0351. The molecule has 0 aromatic heterocycles. The van der Waals surface area contributed by atoms with Crippen molar-refractivity contribution in [2.75, 3.05) is 5.32 Å². The second kappa shape index (κ2) is 5.66. The molecule has 1 aromatic carbocycles. The number of terminal acetylenes is 1. The fraction of sp³-hybridized carbons (Fsp3) is 0.182. The van der Waals surface area contributed by atoms with Gasteiger partial charge in [0.05, 0.1) is 5.69 Å². The highest BCUT2D eigenvalue weighted by molar-refractivity contribution is 14.1. The van der Waals surface area contributed by atoms with Gasteiger partial charge in [0.2, 0.25) is 5.91 Å². The number of nitrogens with one attached hydrogen (secondary N) is 1. The van der Waals surface area contributed by atoms with Crippen LogP contribution in [0.15, 0.2) is 24.3 Å². The van der Waals surface area contributed by atoms with Crippen molar-refractivity contribution in [1.29, 1.82) is 0 Å². The van der Waals surface area contributed by atoms with Gasteiger partial charge in [0.1, 0.15) is 0 Å². The van der Waals surface area contributed by atoms with E-state index in [1.807, 2.05) is 24.3 Å². The zero-order chi connectivity index (χ0) is 10.4. The van der Waals surface area contributed by atoms with E-state index in [-0.39, 0.29) is 5.91 Å². The van der Waals surface area contributed by atoms with Crippen LogP contribution < -0.4 is 5.32 Å². The summed E-state index contributed by atoms with van der Waals surface area (Å²) in [6, 6.07) is 7.63. The molecule has 1 N–H and O–H groups in total. The van der Waals surface area contributed by atoms with E-state index in [1.54, 1.807) is 0 Å². The molecule has 14 heavy (non-hydrogen) atoms. The Kier molecular flexibility index (Phi) is 4.47. The number of carbonyl (C=O) groups is 1. The SMILES string of the molecule is C#CCCC(=O)Nc1ccccc1I. The second-order valence-corrected chi connectivity index (χ2v) is 3.89. The van der Waals surface area contributed by atoms with Crippen molar-refractivity contribution in [2.24, 2.45) is 0 Å². The first kappa shape index (κ1) is 11.1. The summed E-state index contributed by atoms with van der Waals surface area (Å²) < 4.78 is 1.03. The first-order chi connectivity index (χ1) is 6.74. The van der Waals surface area contributed by atoms with Crippen molar-refractivity contribution in [1.82, 2.24) is 0 Å². The van der Waals surface area contributed by atoms with Crippen LogP contribution in [0.4, 0.5) is 5.69 Å². The molecule has 0 unspecified atom stereocenters. The molecule has 1 aromatic rings. The van der Waals surface area contributed by atoms with Gasteiger partial charge in [0.25, 0.3) is 0 Å². The number of anilines is 1. The monoisotopic (exact) mass is 299 g/mol. The average Bonchev–Trinajstić information content (AvgIpc) is 2.18. The van der Waals surface area contributed by atoms with E-state index in [9.17, 15) is 4.79 Å². The summed E-state index contributed by atoms with van der Waals surface area (Å²) in [6.45, 7) is 0. The molecule has 0 fully saturated rings. The molecular formula is C11H10INO. The molecule has 0 aliphatic carbocycles. The number of para-hydroxylation sites is 1. The van der Waals surface area contributed by atoms with Crippen LogP contribution in [-0.4, -0.2) is 5.91 Å². The lowest BCUT2D eigenvalue weighted by atomic mass is 10.3. The quantitative estimate of drug-likeness (QED) is 0.675. The third kappa shape index (κ3) is 3.38.